The van der Waals surface area contributed by atoms with Crippen LogP contribution < -0.4 is 10.1 Å². The SMILES string of the molecule is CCCNCc1cc(F)ccc1OCC1CCC(C)(C)O1. The van der Waals surface area contributed by atoms with E-state index in [0.29, 0.717) is 13.2 Å². The maximum absolute atomic E-state index is 13.4. The largest absolute Gasteiger partial charge is 0.491 e. The van der Waals surface area contributed by atoms with Gasteiger partial charge in [0.2, 0.25) is 0 Å². The van der Waals surface area contributed by atoms with E-state index in [1.807, 2.05) is 0 Å². The minimum atomic E-state index is -0.228. The second kappa shape index (κ2) is 7.23. The summed E-state index contributed by atoms with van der Waals surface area (Å²) in [6.45, 7) is 8.37. The molecule has 1 heterocycles. The van der Waals surface area contributed by atoms with Gasteiger partial charge in [-0.25, -0.2) is 4.39 Å². The highest BCUT2D eigenvalue weighted by molar-refractivity contribution is 5.34. The molecule has 1 aliphatic rings. The van der Waals surface area contributed by atoms with Crippen LogP contribution in [0.3, 0.4) is 0 Å². The molecule has 0 spiro atoms. The number of rotatable bonds is 7. The topological polar surface area (TPSA) is 30.5 Å². The summed E-state index contributed by atoms with van der Waals surface area (Å²) in [6.07, 6.45) is 3.24. The highest BCUT2D eigenvalue weighted by atomic mass is 19.1. The summed E-state index contributed by atoms with van der Waals surface area (Å²) in [4.78, 5) is 0. The predicted molar refractivity (Wildman–Crippen MR) is 82.1 cm³/mol. The summed E-state index contributed by atoms with van der Waals surface area (Å²) in [7, 11) is 0. The number of nitrogens with one attached hydrogen (secondary N) is 1. The Balaban J connectivity index is 1.92. The average molecular weight is 295 g/mol. The van der Waals surface area contributed by atoms with Gasteiger partial charge in [0.25, 0.3) is 0 Å². The number of hydrogen-bond acceptors (Lipinski definition) is 3. The van der Waals surface area contributed by atoms with Gasteiger partial charge in [-0.1, -0.05) is 6.92 Å². The van der Waals surface area contributed by atoms with Crippen molar-refractivity contribution in [3.05, 3.63) is 29.6 Å². The van der Waals surface area contributed by atoms with Crippen LogP contribution in [0, 0.1) is 5.82 Å². The summed E-state index contributed by atoms with van der Waals surface area (Å²) in [5.41, 5.74) is 0.809. The van der Waals surface area contributed by atoms with Gasteiger partial charge in [-0.3, -0.25) is 0 Å². The van der Waals surface area contributed by atoms with E-state index in [2.05, 4.69) is 26.1 Å². The molecule has 0 saturated carbocycles. The lowest BCUT2D eigenvalue weighted by molar-refractivity contribution is -0.0327. The number of halogens is 1. The lowest BCUT2D eigenvalue weighted by Crippen LogP contribution is -2.24. The quantitative estimate of drug-likeness (QED) is 0.779. The Bertz CT molecular complexity index is 462. The van der Waals surface area contributed by atoms with Crippen molar-refractivity contribution in [3.63, 3.8) is 0 Å². The maximum atomic E-state index is 13.4. The first-order chi connectivity index (χ1) is 10.00. The summed E-state index contributed by atoms with van der Waals surface area (Å²) in [5.74, 6) is 0.516. The van der Waals surface area contributed by atoms with Gasteiger partial charge in [0.1, 0.15) is 18.2 Å². The van der Waals surface area contributed by atoms with Gasteiger partial charge < -0.3 is 14.8 Å². The van der Waals surface area contributed by atoms with Crippen molar-refractivity contribution >= 4 is 0 Å². The molecule has 1 saturated heterocycles. The van der Waals surface area contributed by atoms with Gasteiger partial charge in [0, 0.05) is 12.1 Å². The van der Waals surface area contributed by atoms with Crippen molar-refractivity contribution in [3.8, 4) is 5.75 Å². The third kappa shape index (κ3) is 4.97. The van der Waals surface area contributed by atoms with Crippen molar-refractivity contribution in [2.24, 2.45) is 0 Å². The normalized spacial score (nSPS) is 20.7. The zero-order valence-electron chi connectivity index (χ0n) is 13.2. The molecule has 0 aromatic heterocycles. The van der Waals surface area contributed by atoms with Crippen molar-refractivity contribution in [2.75, 3.05) is 13.2 Å². The minimum absolute atomic E-state index is 0.0532. The first kappa shape index (κ1) is 16.2. The van der Waals surface area contributed by atoms with Crippen molar-refractivity contribution < 1.29 is 13.9 Å². The summed E-state index contributed by atoms with van der Waals surface area (Å²) >= 11 is 0. The van der Waals surface area contributed by atoms with Crippen LogP contribution in [-0.4, -0.2) is 24.9 Å². The molecule has 1 unspecified atom stereocenters. The van der Waals surface area contributed by atoms with Gasteiger partial charge >= 0.3 is 0 Å². The van der Waals surface area contributed by atoms with Gasteiger partial charge in [0.05, 0.1) is 11.7 Å². The van der Waals surface area contributed by atoms with Crippen molar-refractivity contribution in [1.82, 2.24) is 5.32 Å². The summed E-state index contributed by atoms with van der Waals surface area (Å²) < 4.78 is 25.2. The summed E-state index contributed by atoms with van der Waals surface area (Å²) in [5, 5.41) is 3.28. The van der Waals surface area contributed by atoms with E-state index in [0.717, 1.165) is 37.1 Å². The van der Waals surface area contributed by atoms with E-state index in [1.165, 1.54) is 12.1 Å². The van der Waals surface area contributed by atoms with Crippen LogP contribution >= 0.6 is 0 Å². The first-order valence-corrected chi connectivity index (χ1v) is 7.80. The molecule has 2 rings (SSSR count). The van der Waals surface area contributed by atoms with Crippen molar-refractivity contribution in [1.29, 1.82) is 0 Å². The Kier molecular flexibility index (Phi) is 5.59. The Morgan fingerprint density at radius 1 is 1.43 bits per heavy atom. The molecule has 4 heteroatoms. The molecule has 1 fully saturated rings. The number of benzene rings is 1. The zero-order chi connectivity index (χ0) is 15.3. The second-order valence-corrected chi connectivity index (χ2v) is 6.28. The second-order valence-electron chi connectivity index (χ2n) is 6.28. The molecular formula is C17H26FNO2. The van der Waals surface area contributed by atoms with Crippen LogP contribution in [0.2, 0.25) is 0 Å². The number of ether oxygens (including phenoxy) is 2. The Labute approximate surface area is 126 Å². The molecule has 1 N–H and O–H groups in total. The Morgan fingerprint density at radius 3 is 2.90 bits per heavy atom. The van der Waals surface area contributed by atoms with E-state index in [4.69, 9.17) is 9.47 Å². The molecule has 1 aromatic rings. The molecule has 21 heavy (non-hydrogen) atoms. The minimum Gasteiger partial charge on any atom is -0.491 e. The fourth-order valence-electron chi connectivity index (χ4n) is 2.60. The molecule has 118 valence electrons. The van der Waals surface area contributed by atoms with Gasteiger partial charge in [-0.05, 0) is 57.9 Å². The Hall–Kier alpha value is -1.13. The predicted octanol–water partition coefficient (Wildman–Crippen LogP) is 3.66. The average Bonchev–Trinajstić information content (AvgIpc) is 2.78. The fraction of sp³-hybridized carbons (Fsp3) is 0.647. The standard InChI is InChI=1S/C17H26FNO2/c1-4-9-19-11-13-10-14(18)5-6-16(13)20-12-15-7-8-17(2,3)21-15/h5-6,10,15,19H,4,7-9,11-12H2,1-3H3. The fourth-order valence-corrected chi connectivity index (χ4v) is 2.60. The van der Waals surface area contributed by atoms with Crippen molar-refractivity contribution in [2.45, 2.75) is 58.3 Å². The van der Waals surface area contributed by atoms with Crippen LogP contribution in [0.15, 0.2) is 18.2 Å². The smallest absolute Gasteiger partial charge is 0.124 e. The lowest BCUT2D eigenvalue weighted by Gasteiger charge is -2.20. The highest BCUT2D eigenvalue weighted by Crippen LogP contribution is 2.30. The third-order valence-corrected chi connectivity index (χ3v) is 3.74. The van der Waals surface area contributed by atoms with E-state index in [-0.39, 0.29) is 17.5 Å². The third-order valence-electron chi connectivity index (χ3n) is 3.74. The molecule has 1 aliphatic heterocycles. The molecular weight excluding hydrogens is 269 g/mol. The van der Waals surface area contributed by atoms with E-state index >= 15 is 0 Å². The molecule has 3 nitrogen and oxygen atoms in total. The van der Waals surface area contributed by atoms with Crippen LogP contribution in [-0.2, 0) is 11.3 Å². The molecule has 0 aliphatic carbocycles. The summed E-state index contributed by atoms with van der Waals surface area (Å²) in [6, 6.07) is 4.69. The van der Waals surface area contributed by atoms with E-state index in [1.54, 1.807) is 6.07 Å². The molecule has 1 atom stereocenters. The maximum Gasteiger partial charge on any atom is 0.124 e. The molecule has 0 bridgehead atoms. The van der Waals surface area contributed by atoms with Crippen LogP contribution in [0.5, 0.6) is 5.75 Å². The lowest BCUT2D eigenvalue weighted by atomic mass is 10.1. The highest BCUT2D eigenvalue weighted by Gasteiger charge is 2.32. The van der Waals surface area contributed by atoms with Gasteiger partial charge in [0.15, 0.2) is 0 Å². The molecule has 1 aromatic carbocycles. The van der Waals surface area contributed by atoms with Gasteiger partial charge in [-0.15, -0.1) is 0 Å². The van der Waals surface area contributed by atoms with Gasteiger partial charge in [-0.2, -0.15) is 0 Å². The number of hydrogen-bond donors (Lipinski definition) is 1. The first-order valence-electron chi connectivity index (χ1n) is 7.80. The molecule has 0 radical (unpaired) electrons. The Morgan fingerprint density at radius 2 is 2.24 bits per heavy atom. The van der Waals surface area contributed by atoms with Crippen LogP contribution in [0.4, 0.5) is 4.39 Å². The van der Waals surface area contributed by atoms with E-state index in [9.17, 15) is 4.39 Å². The van der Waals surface area contributed by atoms with Crippen LogP contribution in [0.25, 0.3) is 0 Å². The zero-order valence-corrected chi connectivity index (χ0v) is 13.2. The molecule has 0 amide bonds. The van der Waals surface area contributed by atoms with E-state index < -0.39 is 0 Å². The monoisotopic (exact) mass is 295 g/mol. The van der Waals surface area contributed by atoms with Crippen LogP contribution in [0.1, 0.15) is 45.6 Å².